The van der Waals surface area contributed by atoms with Gasteiger partial charge in [0.15, 0.2) is 0 Å². The average molecular weight is 275 g/mol. The predicted molar refractivity (Wildman–Crippen MR) is 74.5 cm³/mol. The Kier molecular flexibility index (Phi) is 9.38. The Hall–Kier alpha value is -0.200. The number of nitrogens with one attached hydrogen (secondary N) is 1. The van der Waals surface area contributed by atoms with Crippen LogP contribution in [0.25, 0.3) is 0 Å². The van der Waals surface area contributed by atoms with Crippen LogP contribution >= 0.6 is 0 Å². The molecule has 0 aromatic heterocycles. The second-order valence-electron chi connectivity index (χ2n) is 4.83. The van der Waals surface area contributed by atoms with Gasteiger partial charge >= 0.3 is 0 Å². The maximum Gasteiger partial charge on any atom is 0.0991 e. The average Bonchev–Trinajstić information content (AvgIpc) is 2.41. The van der Waals surface area contributed by atoms with E-state index in [4.69, 9.17) is 18.9 Å². The topological polar surface area (TPSA) is 49.0 Å². The molecule has 0 aromatic carbocycles. The van der Waals surface area contributed by atoms with Gasteiger partial charge in [0.1, 0.15) is 0 Å². The summed E-state index contributed by atoms with van der Waals surface area (Å²) in [4.78, 5) is 0. The Bertz CT molecular complexity index is 216. The highest BCUT2D eigenvalue weighted by Crippen LogP contribution is 2.27. The molecule has 3 unspecified atom stereocenters. The van der Waals surface area contributed by atoms with Crippen molar-refractivity contribution >= 4 is 0 Å². The van der Waals surface area contributed by atoms with Crippen LogP contribution in [0.2, 0.25) is 0 Å². The molecule has 1 fully saturated rings. The summed E-state index contributed by atoms with van der Waals surface area (Å²) in [5.74, 6) is 0. The number of likely N-dealkylation sites (N-methyl/N-ethyl adjacent to an activating group) is 1. The smallest absolute Gasteiger partial charge is 0.0991 e. The molecule has 1 rings (SSSR count). The van der Waals surface area contributed by atoms with Crippen LogP contribution in [0, 0.1) is 0 Å². The molecule has 0 saturated heterocycles. The molecular weight excluding hydrogens is 246 g/mol. The summed E-state index contributed by atoms with van der Waals surface area (Å²) < 4.78 is 22.1. The summed E-state index contributed by atoms with van der Waals surface area (Å²) in [6, 6.07) is 0.392. The highest BCUT2D eigenvalue weighted by Gasteiger charge is 2.41. The molecule has 3 atom stereocenters. The number of hydrogen-bond acceptors (Lipinski definition) is 5. The van der Waals surface area contributed by atoms with Crippen molar-refractivity contribution in [3.05, 3.63) is 0 Å². The van der Waals surface area contributed by atoms with Crippen molar-refractivity contribution in [1.82, 2.24) is 5.32 Å². The Morgan fingerprint density at radius 3 is 2.53 bits per heavy atom. The number of unbranched alkanes of at least 4 members (excludes halogenated alkanes) is 1. The molecule has 5 nitrogen and oxygen atoms in total. The molecule has 0 bridgehead atoms. The van der Waals surface area contributed by atoms with Crippen molar-refractivity contribution in [1.29, 1.82) is 0 Å². The van der Waals surface area contributed by atoms with Gasteiger partial charge in [-0.2, -0.15) is 0 Å². The van der Waals surface area contributed by atoms with Crippen LogP contribution in [0.4, 0.5) is 0 Å². The Labute approximate surface area is 116 Å². The van der Waals surface area contributed by atoms with Crippen molar-refractivity contribution in [3.63, 3.8) is 0 Å². The van der Waals surface area contributed by atoms with Crippen molar-refractivity contribution < 1.29 is 18.9 Å². The van der Waals surface area contributed by atoms with E-state index in [-0.39, 0.29) is 12.2 Å². The van der Waals surface area contributed by atoms with Crippen LogP contribution in [0.3, 0.4) is 0 Å². The van der Waals surface area contributed by atoms with E-state index in [0.29, 0.717) is 32.5 Å². The van der Waals surface area contributed by atoms with Gasteiger partial charge in [-0.25, -0.2) is 0 Å². The first-order valence-corrected chi connectivity index (χ1v) is 7.30. The summed E-state index contributed by atoms with van der Waals surface area (Å²) in [7, 11) is 3.64. The van der Waals surface area contributed by atoms with E-state index in [1.54, 1.807) is 7.11 Å². The van der Waals surface area contributed by atoms with Crippen LogP contribution in [0.15, 0.2) is 0 Å². The summed E-state index contributed by atoms with van der Waals surface area (Å²) in [6.07, 6.45) is 3.61. The van der Waals surface area contributed by atoms with Crippen LogP contribution in [-0.2, 0) is 18.9 Å². The maximum absolute atomic E-state index is 5.80. The Balaban J connectivity index is 2.07. The van der Waals surface area contributed by atoms with Crippen molar-refractivity contribution in [2.24, 2.45) is 0 Å². The largest absolute Gasteiger partial charge is 0.382 e. The molecule has 0 spiro atoms. The predicted octanol–water partition coefficient (Wildman–Crippen LogP) is 1.21. The first kappa shape index (κ1) is 16.9. The Morgan fingerprint density at radius 2 is 1.84 bits per heavy atom. The standard InChI is InChI=1S/C14H29NO4/c1-4-5-6-17-8-10-18-13-11-12(15-2)14(13)19-9-7-16-3/h12-15H,4-11H2,1-3H3. The lowest BCUT2D eigenvalue weighted by atomic mass is 9.85. The highest BCUT2D eigenvalue weighted by atomic mass is 16.6. The van der Waals surface area contributed by atoms with Crippen molar-refractivity contribution in [3.8, 4) is 0 Å². The molecule has 1 N–H and O–H groups in total. The van der Waals surface area contributed by atoms with Gasteiger partial charge in [-0.05, 0) is 19.9 Å². The van der Waals surface area contributed by atoms with Gasteiger partial charge in [-0.3, -0.25) is 0 Å². The summed E-state index contributed by atoms with van der Waals surface area (Å²) in [5.41, 5.74) is 0. The molecule has 0 heterocycles. The van der Waals surface area contributed by atoms with Crippen LogP contribution in [0.1, 0.15) is 26.2 Å². The first-order valence-electron chi connectivity index (χ1n) is 7.30. The second-order valence-corrected chi connectivity index (χ2v) is 4.83. The molecule has 1 aliphatic rings. The van der Waals surface area contributed by atoms with Gasteiger partial charge in [0.05, 0.1) is 38.6 Å². The molecule has 1 aliphatic carbocycles. The molecule has 114 valence electrons. The number of hydrogen-bond donors (Lipinski definition) is 1. The van der Waals surface area contributed by atoms with Gasteiger partial charge < -0.3 is 24.3 Å². The molecule has 19 heavy (non-hydrogen) atoms. The van der Waals surface area contributed by atoms with E-state index in [2.05, 4.69) is 12.2 Å². The third-order valence-electron chi connectivity index (χ3n) is 3.42. The zero-order valence-corrected chi connectivity index (χ0v) is 12.5. The van der Waals surface area contributed by atoms with E-state index in [1.165, 1.54) is 6.42 Å². The zero-order valence-electron chi connectivity index (χ0n) is 12.5. The lowest BCUT2D eigenvalue weighted by Gasteiger charge is -2.43. The quantitative estimate of drug-likeness (QED) is 0.543. The molecule has 0 amide bonds. The minimum atomic E-state index is 0.135. The second kappa shape index (κ2) is 10.6. The molecule has 1 saturated carbocycles. The van der Waals surface area contributed by atoms with E-state index < -0.39 is 0 Å². The lowest BCUT2D eigenvalue weighted by Crippen LogP contribution is -2.59. The van der Waals surface area contributed by atoms with Crippen molar-refractivity contribution in [2.45, 2.75) is 44.4 Å². The maximum atomic E-state index is 5.80. The third kappa shape index (κ3) is 6.19. The molecule has 0 aliphatic heterocycles. The molecule has 0 radical (unpaired) electrons. The van der Waals surface area contributed by atoms with E-state index in [1.807, 2.05) is 7.05 Å². The monoisotopic (exact) mass is 275 g/mol. The van der Waals surface area contributed by atoms with Gasteiger partial charge in [0.25, 0.3) is 0 Å². The van der Waals surface area contributed by atoms with Crippen LogP contribution < -0.4 is 5.32 Å². The zero-order chi connectivity index (χ0) is 13.9. The first-order chi connectivity index (χ1) is 9.33. The number of methoxy groups -OCH3 is 1. The van der Waals surface area contributed by atoms with Gasteiger partial charge in [0, 0.05) is 19.8 Å². The van der Waals surface area contributed by atoms with E-state index >= 15 is 0 Å². The molecule has 5 heteroatoms. The van der Waals surface area contributed by atoms with E-state index in [9.17, 15) is 0 Å². The van der Waals surface area contributed by atoms with Crippen molar-refractivity contribution in [2.75, 3.05) is 47.2 Å². The lowest BCUT2D eigenvalue weighted by molar-refractivity contribution is -0.156. The SMILES string of the molecule is CCCCOCCOC1CC(NC)C1OCCOC. The molecular formula is C14H29NO4. The van der Waals surface area contributed by atoms with Crippen LogP contribution in [0.5, 0.6) is 0 Å². The number of ether oxygens (including phenoxy) is 4. The van der Waals surface area contributed by atoms with Crippen LogP contribution in [-0.4, -0.2) is 65.4 Å². The molecule has 0 aromatic rings. The van der Waals surface area contributed by atoms with E-state index in [0.717, 1.165) is 19.4 Å². The van der Waals surface area contributed by atoms with Gasteiger partial charge in [-0.1, -0.05) is 13.3 Å². The van der Waals surface area contributed by atoms with Gasteiger partial charge in [-0.15, -0.1) is 0 Å². The summed E-state index contributed by atoms with van der Waals surface area (Å²) >= 11 is 0. The highest BCUT2D eigenvalue weighted by molar-refractivity contribution is 4.96. The summed E-state index contributed by atoms with van der Waals surface area (Å²) in [5, 5.41) is 3.25. The minimum Gasteiger partial charge on any atom is -0.382 e. The Morgan fingerprint density at radius 1 is 1.05 bits per heavy atom. The van der Waals surface area contributed by atoms with Gasteiger partial charge in [0.2, 0.25) is 0 Å². The normalized spacial score (nSPS) is 26.4. The fourth-order valence-electron chi connectivity index (χ4n) is 2.12. The summed E-state index contributed by atoms with van der Waals surface area (Å²) in [6.45, 7) is 5.55. The number of rotatable bonds is 12. The fourth-order valence-corrected chi connectivity index (χ4v) is 2.12. The fraction of sp³-hybridized carbons (Fsp3) is 1.00. The third-order valence-corrected chi connectivity index (χ3v) is 3.42. The minimum absolute atomic E-state index is 0.135.